The normalized spacial score (nSPS) is 14.6. The Kier molecular flexibility index (Phi) is 5.17. The number of rotatable bonds is 5. The first kappa shape index (κ1) is 19.5. The molecule has 0 bridgehead atoms. The predicted molar refractivity (Wildman–Crippen MR) is 126 cm³/mol. The molecule has 0 saturated heterocycles. The average molecular weight is 434 g/mol. The number of aliphatic carboxylic acids is 1. The van der Waals surface area contributed by atoms with Crippen LogP contribution < -0.4 is 0 Å². The van der Waals surface area contributed by atoms with Crippen molar-refractivity contribution in [3.05, 3.63) is 63.8 Å². The molecule has 152 valence electrons. The van der Waals surface area contributed by atoms with E-state index in [4.69, 9.17) is 4.98 Å². The molecule has 0 fully saturated rings. The van der Waals surface area contributed by atoms with Crippen LogP contribution in [0.3, 0.4) is 0 Å². The smallest absolute Gasteiger partial charge is 0.311 e. The first-order chi connectivity index (χ1) is 14.7. The van der Waals surface area contributed by atoms with E-state index in [0.717, 1.165) is 44.9 Å². The fraction of sp³-hybridized carbons (Fsp3) is 0.280. The van der Waals surface area contributed by atoms with Gasteiger partial charge in [-0.3, -0.25) is 4.79 Å². The third-order valence-corrected chi connectivity index (χ3v) is 8.07. The summed E-state index contributed by atoms with van der Waals surface area (Å²) in [6, 6.07) is 14.4. The minimum Gasteiger partial charge on any atom is -0.481 e. The second-order valence-corrected chi connectivity index (χ2v) is 9.81. The van der Waals surface area contributed by atoms with Gasteiger partial charge in [0.05, 0.1) is 16.5 Å². The van der Waals surface area contributed by atoms with Crippen LogP contribution in [0.5, 0.6) is 0 Å². The molecule has 0 aliphatic heterocycles. The van der Waals surface area contributed by atoms with Gasteiger partial charge in [0, 0.05) is 15.8 Å². The average Bonchev–Trinajstić information content (AvgIpc) is 3.42. The lowest BCUT2D eigenvalue weighted by Gasteiger charge is -2.21. The van der Waals surface area contributed by atoms with Crippen LogP contribution >= 0.6 is 22.7 Å². The zero-order valence-corrected chi connectivity index (χ0v) is 18.5. The molecule has 3 heterocycles. The minimum atomic E-state index is -0.780. The number of thiophene rings is 2. The Balaban J connectivity index is 1.96. The molecule has 5 rings (SSSR count). The highest BCUT2D eigenvalue weighted by Crippen LogP contribution is 2.48. The first-order valence-corrected chi connectivity index (χ1v) is 12.2. The van der Waals surface area contributed by atoms with Crippen LogP contribution in [0, 0.1) is 0 Å². The molecular formula is C25H23NO2S2. The number of hydrogen-bond donors (Lipinski definition) is 1. The van der Waals surface area contributed by atoms with Crippen molar-refractivity contribution < 1.29 is 9.90 Å². The summed E-state index contributed by atoms with van der Waals surface area (Å²) in [6.45, 7) is 1.96. The van der Waals surface area contributed by atoms with Crippen LogP contribution in [0.25, 0.3) is 31.9 Å². The lowest BCUT2D eigenvalue weighted by Crippen LogP contribution is -2.14. The summed E-state index contributed by atoms with van der Waals surface area (Å²) < 4.78 is 0. The molecule has 3 nitrogen and oxygen atoms in total. The number of nitrogens with zero attached hydrogens (tertiary/aromatic N) is 1. The highest BCUT2D eigenvalue weighted by atomic mass is 32.1. The van der Waals surface area contributed by atoms with E-state index in [1.807, 2.05) is 36.6 Å². The van der Waals surface area contributed by atoms with Gasteiger partial charge in [-0.15, -0.1) is 22.7 Å². The van der Waals surface area contributed by atoms with Gasteiger partial charge in [0.25, 0.3) is 0 Å². The number of aromatic nitrogens is 1. The molecule has 1 aliphatic carbocycles. The molecule has 0 spiro atoms. The molecular weight excluding hydrogens is 410 g/mol. The number of carboxylic acids is 1. The van der Waals surface area contributed by atoms with Crippen molar-refractivity contribution in [2.45, 2.75) is 44.9 Å². The summed E-state index contributed by atoms with van der Waals surface area (Å²) in [6.07, 6.45) is 5.10. The quantitative estimate of drug-likeness (QED) is 0.364. The van der Waals surface area contributed by atoms with Crippen molar-refractivity contribution in [3.63, 3.8) is 0 Å². The number of aryl methyl sites for hydroxylation is 2. The largest absolute Gasteiger partial charge is 0.481 e. The van der Waals surface area contributed by atoms with E-state index in [0.29, 0.717) is 6.42 Å². The number of benzene rings is 1. The highest BCUT2D eigenvalue weighted by molar-refractivity contribution is 7.19. The van der Waals surface area contributed by atoms with Gasteiger partial charge < -0.3 is 5.11 Å². The van der Waals surface area contributed by atoms with Gasteiger partial charge in [0.15, 0.2) is 0 Å². The Labute approximate surface area is 184 Å². The van der Waals surface area contributed by atoms with Crippen LogP contribution in [0.1, 0.15) is 48.1 Å². The van der Waals surface area contributed by atoms with Crippen molar-refractivity contribution in [2.75, 3.05) is 0 Å². The van der Waals surface area contributed by atoms with Gasteiger partial charge in [-0.1, -0.05) is 43.3 Å². The second-order valence-electron chi connectivity index (χ2n) is 7.78. The molecule has 1 aromatic carbocycles. The predicted octanol–water partition coefficient (Wildman–Crippen LogP) is 7.15. The second kappa shape index (κ2) is 7.97. The standard InChI is InChI=1S/C25H23NO2S2/c1-2-16(25(27)28)21-20(15-9-4-3-5-10-15)22-17-11-6-7-12-18(17)30-24(22)26-23(21)19-13-8-14-29-19/h3-5,8-10,13-14,16H,2,6-7,11-12H2,1H3,(H,27,28). The van der Waals surface area contributed by atoms with Crippen LogP contribution in [0.4, 0.5) is 0 Å². The Hall–Kier alpha value is -2.50. The number of fused-ring (bicyclic) bond motifs is 3. The van der Waals surface area contributed by atoms with Crippen LogP contribution in [0.2, 0.25) is 0 Å². The molecule has 3 aromatic heterocycles. The van der Waals surface area contributed by atoms with Gasteiger partial charge in [0.2, 0.25) is 0 Å². The SMILES string of the molecule is CCC(C(=O)O)c1c(-c2cccs2)nc2sc3c(c2c1-c1ccccc1)CCCC3. The molecule has 0 amide bonds. The van der Waals surface area contributed by atoms with Crippen LogP contribution in [-0.2, 0) is 17.6 Å². The maximum atomic E-state index is 12.4. The van der Waals surface area contributed by atoms with Crippen molar-refractivity contribution in [1.29, 1.82) is 0 Å². The third-order valence-electron chi connectivity index (χ3n) is 6.01. The lowest BCUT2D eigenvalue weighted by molar-refractivity contribution is -0.138. The highest BCUT2D eigenvalue weighted by Gasteiger charge is 2.31. The molecule has 0 radical (unpaired) electrons. The van der Waals surface area contributed by atoms with Gasteiger partial charge >= 0.3 is 5.97 Å². The fourth-order valence-corrected chi connectivity index (χ4v) is 6.65. The molecule has 0 saturated carbocycles. The molecule has 4 aromatic rings. The van der Waals surface area contributed by atoms with E-state index in [-0.39, 0.29) is 0 Å². The zero-order chi connectivity index (χ0) is 20.7. The van der Waals surface area contributed by atoms with Crippen molar-refractivity contribution in [3.8, 4) is 21.7 Å². The van der Waals surface area contributed by atoms with Crippen molar-refractivity contribution in [2.24, 2.45) is 0 Å². The van der Waals surface area contributed by atoms with Gasteiger partial charge in [-0.25, -0.2) is 4.98 Å². The molecule has 1 unspecified atom stereocenters. The maximum absolute atomic E-state index is 12.4. The van der Waals surface area contributed by atoms with Gasteiger partial charge in [-0.2, -0.15) is 0 Å². The summed E-state index contributed by atoms with van der Waals surface area (Å²) in [5.41, 5.74) is 5.27. The minimum absolute atomic E-state index is 0.535. The summed E-state index contributed by atoms with van der Waals surface area (Å²) in [4.78, 5) is 21.0. The zero-order valence-electron chi connectivity index (χ0n) is 16.9. The van der Waals surface area contributed by atoms with E-state index in [9.17, 15) is 9.90 Å². The Morgan fingerprint density at radius 3 is 2.63 bits per heavy atom. The maximum Gasteiger partial charge on any atom is 0.311 e. The Morgan fingerprint density at radius 1 is 1.13 bits per heavy atom. The van der Waals surface area contributed by atoms with E-state index in [1.165, 1.54) is 28.7 Å². The van der Waals surface area contributed by atoms with Gasteiger partial charge in [0.1, 0.15) is 4.83 Å². The molecule has 30 heavy (non-hydrogen) atoms. The topological polar surface area (TPSA) is 50.2 Å². The summed E-state index contributed by atoms with van der Waals surface area (Å²) in [7, 11) is 0. The van der Waals surface area contributed by atoms with E-state index < -0.39 is 11.9 Å². The van der Waals surface area contributed by atoms with Crippen LogP contribution in [-0.4, -0.2) is 16.1 Å². The fourth-order valence-electron chi connectivity index (χ4n) is 4.65. The Bertz CT molecular complexity index is 1210. The van der Waals surface area contributed by atoms with E-state index in [2.05, 4.69) is 18.2 Å². The first-order valence-electron chi connectivity index (χ1n) is 10.5. The lowest BCUT2D eigenvalue weighted by atomic mass is 9.83. The molecule has 1 aliphatic rings. The summed E-state index contributed by atoms with van der Waals surface area (Å²) in [5.74, 6) is -1.37. The third kappa shape index (κ3) is 3.17. The number of carboxylic acid groups (broad SMARTS) is 1. The molecule has 5 heteroatoms. The molecule has 1 N–H and O–H groups in total. The van der Waals surface area contributed by atoms with Crippen molar-refractivity contribution >= 4 is 38.9 Å². The van der Waals surface area contributed by atoms with Crippen LogP contribution in [0.15, 0.2) is 47.8 Å². The monoisotopic (exact) mass is 433 g/mol. The molecule has 1 atom stereocenters. The number of carbonyl (C=O) groups is 1. The number of pyridine rings is 1. The van der Waals surface area contributed by atoms with Crippen molar-refractivity contribution in [1.82, 2.24) is 4.98 Å². The van der Waals surface area contributed by atoms with E-state index >= 15 is 0 Å². The van der Waals surface area contributed by atoms with Gasteiger partial charge in [-0.05, 0) is 60.2 Å². The Morgan fingerprint density at radius 2 is 1.93 bits per heavy atom. The van der Waals surface area contributed by atoms with E-state index in [1.54, 1.807) is 22.7 Å². The summed E-state index contributed by atoms with van der Waals surface area (Å²) in [5, 5.41) is 13.4. The summed E-state index contributed by atoms with van der Waals surface area (Å²) >= 11 is 3.43. The number of hydrogen-bond acceptors (Lipinski definition) is 4.